The Morgan fingerprint density at radius 1 is 1.19 bits per heavy atom. The molecule has 2 atom stereocenters. The Kier molecular flexibility index (Phi) is 6.37. The monoisotopic (exact) mass is 440 g/mol. The van der Waals surface area contributed by atoms with Gasteiger partial charge in [-0.15, -0.1) is 0 Å². The number of rotatable bonds is 7. The fraction of sp³-hybridized carbons (Fsp3) is 0.741. The van der Waals surface area contributed by atoms with E-state index in [1.165, 1.54) is 76.6 Å². The van der Waals surface area contributed by atoms with Crippen molar-refractivity contribution in [1.29, 1.82) is 0 Å². The number of fused-ring (bicyclic) bond motifs is 1. The highest BCUT2D eigenvalue weighted by atomic mass is 16.7. The number of benzene rings is 1. The first-order valence-electron chi connectivity index (χ1n) is 13.0. The molecule has 2 heterocycles. The minimum Gasteiger partial charge on any atom is -0.454 e. The van der Waals surface area contributed by atoms with Gasteiger partial charge in [0.25, 0.3) is 0 Å². The second-order valence-electron chi connectivity index (χ2n) is 10.9. The minimum absolute atomic E-state index is 0.150. The zero-order valence-electron chi connectivity index (χ0n) is 19.9. The summed E-state index contributed by atoms with van der Waals surface area (Å²) in [5.41, 5.74) is 1.79. The fourth-order valence-corrected chi connectivity index (χ4v) is 6.25. The summed E-state index contributed by atoms with van der Waals surface area (Å²) >= 11 is 0. The van der Waals surface area contributed by atoms with Crippen LogP contribution in [-0.4, -0.2) is 43.3 Å². The molecule has 2 aliphatic carbocycles. The third kappa shape index (κ3) is 4.50. The number of likely N-dealkylation sites (tertiary alicyclic amines) is 1. The van der Waals surface area contributed by atoms with E-state index >= 15 is 0 Å². The van der Waals surface area contributed by atoms with Crippen molar-refractivity contribution in [2.45, 2.75) is 83.6 Å². The molecule has 1 amide bonds. The largest absolute Gasteiger partial charge is 0.454 e. The van der Waals surface area contributed by atoms with Crippen molar-refractivity contribution in [2.24, 2.45) is 17.3 Å². The van der Waals surface area contributed by atoms with Gasteiger partial charge in [0.15, 0.2) is 11.5 Å². The van der Waals surface area contributed by atoms with Gasteiger partial charge in [0.05, 0.1) is 0 Å². The first-order valence-corrected chi connectivity index (χ1v) is 13.0. The molecule has 0 bridgehead atoms. The average molecular weight is 441 g/mol. The number of hydrogen-bond acceptors (Lipinski definition) is 4. The van der Waals surface area contributed by atoms with Crippen LogP contribution >= 0.6 is 0 Å². The molecular weight excluding hydrogens is 400 g/mol. The highest BCUT2D eigenvalue weighted by Crippen LogP contribution is 2.57. The predicted octanol–water partition coefficient (Wildman–Crippen LogP) is 5.10. The second-order valence-corrected chi connectivity index (χ2v) is 10.9. The number of para-hydroxylation sites is 1. The van der Waals surface area contributed by atoms with Crippen LogP contribution in [0.5, 0.6) is 11.5 Å². The number of carbonyl (C=O) groups excluding carboxylic acids is 1. The summed E-state index contributed by atoms with van der Waals surface area (Å²) in [5, 5.41) is 3.33. The molecular formula is C27H40N2O3. The van der Waals surface area contributed by atoms with Gasteiger partial charge >= 0.3 is 0 Å². The highest BCUT2D eigenvalue weighted by molar-refractivity contribution is 5.79. The molecule has 0 radical (unpaired) electrons. The van der Waals surface area contributed by atoms with E-state index in [0.29, 0.717) is 24.2 Å². The molecule has 5 heteroatoms. The number of piperidine rings is 1. The van der Waals surface area contributed by atoms with Gasteiger partial charge in [-0.05, 0) is 101 Å². The summed E-state index contributed by atoms with van der Waals surface area (Å²) in [4.78, 5) is 14.9. The van der Waals surface area contributed by atoms with E-state index in [2.05, 4.69) is 29.3 Å². The summed E-state index contributed by atoms with van der Waals surface area (Å²) in [6.45, 7) is 8.12. The van der Waals surface area contributed by atoms with Crippen molar-refractivity contribution in [3.63, 3.8) is 0 Å². The van der Waals surface area contributed by atoms with E-state index < -0.39 is 0 Å². The molecule has 3 fully saturated rings. The van der Waals surface area contributed by atoms with Gasteiger partial charge in [0.1, 0.15) is 0 Å². The van der Waals surface area contributed by atoms with E-state index in [-0.39, 0.29) is 11.8 Å². The van der Waals surface area contributed by atoms with Gasteiger partial charge < -0.3 is 19.7 Å². The molecule has 2 aliphatic heterocycles. The Balaban J connectivity index is 1.02. The molecule has 1 unspecified atom stereocenters. The molecule has 1 saturated heterocycles. The standard InChI is InChI=1S/C27H40N2O3/c1-3-19(2)26(30)28-24-17-27(24)12-7-20(8-13-27)9-14-29-15-10-21(11-16-29)22-5-4-6-23-25(22)32-18-31-23/h4-6,19-21,24H,3,7-18H2,1-2H3,(H,28,30)/t19?,20?,24-,27?/m0/s1. The van der Waals surface area contributed by atoms with Gasteiger partial charge in [-0.2, -0.15) is 0 Å². The molecule has 2 saturated carbocycles. The van der Waals surface area contributed by atoms with Crippen molar-refractivity contribution in [3.05, 3.63) is 23.8 Å². The van der Waals surface area contributed by atoms with Crippen LogP contribution < -0.4 is 14.8 Å². The lowest BCUT2D eigenvalue weighted by Gasteiger charge is -2.35. The lowest BCUT2D eigenvalue weighted by atomic mass is 9.77. The van der Waals surface area contributed by atoms with Crippen LogP contribution in [0.4, 0.5) is 0 Å². The fourth-order valence-electron chi connectivity index (χ4n) is 6.25. The Morgan fingerprint density at radius 3 is 2.72 bits per heavy atom. The minimum atomic E-state index is 0.150. The second kappa shape index (κ2) is 9.24. The molecule has 1 aromatic carbocycles. The zero-order chi connectivity index (χ0) is 22.1. The first kappa shape index (κ1) is 22.1. The lowest BCUT2D eigenvalue weighted by Crippen LogP contribution is -2.36. The third-order valence-corrected chi connectivity index (χ3v) is 8.98. The van der Waals surface area contributed by atoms with Crippen LogP contribution in [0, 0.1) is 17.3 Å². The smallest absolute Gasteiger partial charge is 0.231 e. The van der Waals surface area contributed by atoms with Gasteiger partial charge in [-0.25, -0.2) is 0 Å². The van der Waals surface area contributed by atoms with E-state index in [9.17, 15) is 4.79 Å². The van der Waals surface area contributed by atoms with E-state index in [1.54, 1.807) is 0 Å². The predicted molar refractivity (Wildman–Crippen MR) is 126 cm³/mol. The number of ether oxygens (including phenoxy) is 2. The molecule has 5 nitrogen and oxygen atoms in total. The van der Waals surface area contributed by atoms with Crippen molar-refractivity contribution < 1.29 is 14.3 Å². The van der Waals surface area contributed by atoms with Crippen molar-refractivity contribution >= 4 is 5.91 Å². The molecule has 0 aromatic heterocycles. The van der Waals surface area contributed by atoms with Gasteiger partial charge in [-0.1, -0.05) is 26.0 Å². The quantitative estimate of drug-likeness (QED) is 0.641. The molecule has 176 valence electrons. The summed E-state index contributed by atoms with van der Waals surface area (Å²) < 4.78 is 11.3. The molecule has 5 rings (SSSR count). The number of hydrogen-bond donors (Lipinski definition) is 1. The van der Waals surface area contributed by atoms with Gasteiger partial charge in [0.2, 0.25) is 12.7 Å². The Labute approximate surface area is 193 Å². The van der Waals surface area contributed by atoms with E-state index in [0.717, 1.165) is 23.8 Å². The Morgan fingerprint density at radius 2 is 1.97 bits per heavy atom. The third-order valence-electron chi connectivity index (χ3n) is 8.98. The number of nitrogens with zero attached hydrogens (tertiary/aromatic N) is 1. The van der Waals surface area contributed by atoms with Crippen LogP contribution in [-0.2, 0) is 4.79 Å². The maximum atomic E-state index is 12.2. The number of amides is 1. The molecule has 1 N–H and O–H groups in total. The Bertz CT molecular complexity index is 809. The maximum Gasteiger partial charge on any atom is 0.231 e. The SMILES string of the molecule is CCC(C)C(=O)N[C@H]1CC12CCC(CCN1CCC(c3cccc4c3OCO4)CC1)CC2. The van der Waals surface area contributed by atoms with E-state index in [4.69, 9.17) is 9.47 Å². The van der Waals surface area contributed by atoms with Crippen molar-refractivity contribution in [2.75, 3.05) is 26.4 Å². The molecule has 1 spiro atoms. The topological polar surface area (TPSA) is 50.8 Å². The summed E-state index contributed by atoms with van der Waals surface area (Å²) in [6.07, 6.45) is 11.2. The van der Waals surface area contributed by atoms with Gasteiger partial charge in [-0.3, -0.25) is 4.79 Å². The summed E-state index contributed by atoms with van der Waals surface area (Å²) in [7, 11) is 0. The first-order chi connectivity index (χ1) is 15.6. The highest BCUT2D eigenvalue weighted by Gasteiger charge is 2.55. The maximum absolute atomic E-state index is 12.2. The van der Waals surface area contributed by atoms with Gasteiger partial charge in [0, 0.05) is 17.5 Å². The molecule has 32 heavy (non-hydrogen) atoms. The normalized spacial score (nSPS) is 30.9. The Hall–Kier alpha value is -1.75. The lowest BCUT2D eigenvalue weighted by molar-refractivity contribution is -0.124. The van der Waals surface area contributed by atoms with Crippen LogP contribution in [0.3, 0.4) is 0 Å². The zero-order valence-corrected chi connectivity index (χ0v) is 19.9. The number of nitrogens with one attached hydrogen (secondary N) is 1. The summed E-state index contributed by atoms with van der Waals surface area (Å²) in [5.74, 6) is 3.78. The summed E-state index contributed by atoms with van der Waals surface area (Å²) in [6, 6.07) is 6.80. The van der Waals surface area contributed by atoms with Crippen LogP contribution in [0.25, 0.3) is 0 Å². The number of carbonyl (C=O) groups is 1. The average Bonchev–Trinajstić information content (AvgIpc) is 3.24. The van der Waals surface area contributed by atoms with Crippen LogP contribution in [0.2, 0.25) is 0 Å². The van der Waals surface area contributed by atoms with Crippen LogP contribution in [0.1, 0.15) is 83.1 Å². The van der Waals surface area contributed by atoms with Crippen molar-refractivity contribution in [1.82, 2.24) is 10.2 Å². The molecule has 4 aliphatic rings. The van der Waals surface area contributed by atoms with Crippen molar-refractivity contribution in [3.8, 4) is 11.5 Å². The van der Waals surface area contributed by atoms with Crippen LogP contribution in [0.15, 0.2) is 18.2 Å². The molecule has 1 aromatic rings. The van der Waals surface area contributed by atoms with E-state index in [1.807, 2.05) is 13.0 Å².